The Hall–Kier alpha value is -1.50. The largest absolute Gasteiger partial charge is 0.465 e. The predicted molar refractivity (Wildman–Crippen MR) is 68.2 cm³/mol. The highest BCUT2D eigenvalue weighted by molar-refractivity contribution is 5.69. The van der Waals surface area contributed by atoms with Gasteiger partial charge in [0.2, 0.25) is 0 Å². The Morgan fingerprint density at radius 1 is 1.32 bits per heavy atom. The number of nitrogens with zero attached hydrogens (tertiary/aromatic N) is 2. The van der Waals surface area contributed by atoms with Crippen LogP contribution in [0.2, 0.25) is 0 Å². The Morgan fingerprint density at radius 3 is 2.32 bits per heavy atom. The molecule has 1 aliphatic rings. The number of carbonyl (C=O) groups is 2. The zero-order chi connectivity index (χ0) is 14.8. The van der Waals surface area contributed by atoms with Gasteiger partial charge in [0.15, 0.2) is 0 Å². The summed E-state index contributed by atoms with van der Waals surface area (Å²) in [5, 5.41) is 8.99. The average molecular weight is 274 g/mol. The van der Waals surface area contributed by atoms with Gasteiger partial charge in [-0.1, -0.05) is 0 Å². The fraction of sp³-hybridized carbons (Fsp3) is 0.833. The van der Waals surface area contributed by atoms with E-state index in [1.165, 1.54) is 16.9 Å². The van der Waals surface area contributed by atoms with Crippen molar-refractivity contribution >= 4 is 12.2 Å². The lowest BCUT2D eigenvalue weighted by Crippen LogP contribution is -2.47. The van der Waals surface area contributed by atoms with Gasteiger partial charge in [-0.15, -0.1) is 0 Å². The molecule has 110 valence electrons. The summed E-state index contributed by atoms with van der Waals surface area (Å²) in [7, 11) is 3.10. The predicted octanol–water partition coefficient (Wildman–Crippen LogP) is 1.23. The Morgan fingerprint density at radius 2 is 1.89 bits per heavy atom. The van der Waals surface area contributed by atoms with Crippen LogP contribution in [0.4, 0.5) is 9.59 Å². The SMILES string of the molecule is COC1CN(C(=O)O)CC1N(C)C(=O)OC(C)(C)C. The Balaban J connectivity index is 2.72. The molecular formula is C12H22N2O5. The molecule has 1 rings (SSSR count). The first-order chi connectivity index (χ1) is 8.65. The molecule has 1 N–H and O–H groups in total. The summed E-state index contributed by atoms with van der Waals surface area (Å²) in [6, 6.07) is -0.337. The maximum Gasteiger partial charge on any atom is 0.410 e. The van der Waals surface area contributed by atoms with E-state index < -0.39 is 17.8 Å². The van der Waals surface area contributed by atoms with Gasteiger partial charge in [0, 0.05) is 20.7 Å². The van der Waals surface area contributed by atoms with Gasteiger partial charge < -0.3 is 24.4 Å². The summed E-state index contributed by atoms with van der Waals surface area (Å²) in [5.74, 6) is 0. The summed E-state index contributed by atoms with van der Waals surface area (Å²) >= 11 is 0. The van der Waals surface area contributed by atoms with Crippen LogP contribution >= 0.6 is 0 Å². The van der Waals surface area contributed by atoms with Crippen LogP contribution in [-0.4, -0.2) is 72.1 Å². The molecule has 1 aliphatic heterocycles. The normalized spacial score (nSPS) is 23.3. The van der Waals surface area contributed by atoms with Crippen molar-refractivity contribution in [2.45, 2.75) is 38.5 Å². The molecule has 0 bridgehead atoms. The molecular weight excluding hydrogens is 252 g/mol. The topological polar surface area (TPSA) is 79.3 Å². The molecule has 0 saturated carbocycles. The van der Waals surface area contributed by atoms with Crippen molar-refractivity contribution < 1.29 is 24.2 Å². The molecule has 0 aliphatic carbocycles. The molecule has 1 heterocycles. The number of rotatable bonds is 2. The summed E-state index contributed by atoms with van der Waals surface area (Å²) in [6.45, 7) is 5.83. The fourth-order valence-corrected chi connectivity index (χ4v) is 1.99. The maximum atomic E-state index is 12.0. The Labute approximate surface area is 113 Å². The first-order valence-electron chi connectivity index (χ1n) is 6.12. The van der Waals surface area contributed by atoms with Gasteiger partial charge in [0.25, 0.3) is 0 Å². The smallest absolute Gasteiger partial charge is 0.410 e. The van der Waals surface area contributed by atoms with Crippen molar-refractivity contribution in [1.29, 1.82) is 0 Å². The molecule has 0 radical (unpaired) electrons. The molecule has 19 heavy (non-hydrogen) atoms. The van der Waals surface area contributed by atoms with E-state index in [1.54, 1.807) is 27.8 Å². The van der Waals surface area contributed by atoms with E-state index in [0.29, 0.717) is 0 Å². The van der Waals surface area contributed by atoms with Crippen molar-refractivity contribution in [2.75, 3.05) is 27.2 Å². The quantitative estimate of drug-likeness (QED) is 0.819. The monoisotopic (exact) mass is 274 g/mol. The molecule has 7 heteroatoms. The van der Waals surface area contributed by atoms with E-state index in [0.717, 1.165) is 0 Å². The van der Waals surface area contributed by atoms with Crippen molar-refractivity contribution in [3.8, 4) is 0 Å². The third-order valence-electron chi connectivity index (χ3n) is 2.99. The summed E-state index contributed by atoms with van der Waals surface area (Å²) in [6.07, 6.45) is -1.83. The molecule has 1 saturated heterocycles. The van der Waals surface area contributed by atoms with E-state index in [4.69, 9.17) is 14.6 Å². The van der Waals surface area contributed by atoms with E-state index in [-0.39, 0.29) is 25.2 Å². The van der Waals surface area contributed by atoms with Crippen molar-refractivity contribution in [1.82, 2.24) is 9.80 Å². The van der Waals surface area contributed by atoms with Gasteiger partial charge in [-0.2, -0.15) is 0 Å². The number of methoxy groups -OCH3 is 1. The van der Waals surface area contributed by atoms with Crippen LogP contribution in [-0.2, 0) is 9.47 Å². The van der Waals surface area contributed by atoms with Crippen LogP contribution in [0.3, 0.4) is 0 Å². The molecule has 2 unspecified atom stereocenters. The lowest BCUT2D eigenvalue weighted by Gasteiger charge is -2.30. The third-order valence-corrected chi connectivity index (χ3v) is 2.99. The third kappa shape index (κ3) is 3.99. The first kappa shape index (κ1) is 15.6. The molecule has 2 amide bonds. The lowest BCUT2D eigenvalue weighted by atomic mass is 10.2. The number of carboxylic acid groups (broad SMARTS) is 1. The second-order valence-electron chi connectivity index (χ2n) is 5.62. The van der Waals surface area contributed by atoms with Crippen LogP contribution in [0.15, 0.2) is 0 Å². The highest BCUT2D eigenvalue weighted by Gasteiger charge is 2.40. The minimum Gasteiger partial charge on any atom is -0.465 e. The van der Waals surface area contributed by atoms with Gasteiger partial charge in [-0.05, 0) is 20.8 Å². The van der Waals surface area contributed by atoms with E-state index >= 15 is 0 Å². The molecule has 0 spiro atoms. The number of likely N-dealkylation sites (tertiary alicyclic amines) is 1. The van der Waals surface area contributed by atoms with Crippen molar-refractivity contribution in [3.63, 3.8) is 0 Å². The van der Waals surface area contributed by atoms with Crippen LogP contribution in [0.25, 0.3) is 0 Å². The summed E-state index contributed by atoms with van der Waals surface area (Å²) in [4.78, 5) is 25.6. The summed E-state index contributed by atoms with van der Waals surface area (Å²) < 4.78 is 10.5. The number of carbonyl (C=O) groups excluding carboxylic acids is 1. The maximum absolute atomic E-state index is 12.0. The average Bonchev–Trinajstić information content (AvgIpc) is 2.69. The molecule has 1 fully saturated rings. The van der Waals surface area contributed by atoms with Crippen LogP contribution in [0.5, 0.6) is 0 Å². The van der Waals surface area contributed by atoms with Crippen LogP contribution < -0.4 is 0 Å². The first-order valence-corrected chi connectivity index (χ1v) is 6.12. The lowest BCUT2D eigenvalue weighted by molar-refractivity contribution is 0.00378. The fourth-order valence-electron chi connectivity index (χ4n) is 1.99. The van der Waals surface area contributed by atoms with Gasteiger partial charge in [-0.3, -0.25) is 0 Å². The van der Waals surface area contributed by atoms with E-state index in [1.807, 2.05) is 0 Å². The van der Waals surface area contributed by atoms with Crippen molar-refractivity contribution in [2.24, 2.45) is 0 Å². The molecule has 0 aromatic carbocycles. The van der Waals surface area contributed by atoms with E-state index in [9.17, 15) is 9.59 Å². The number of hydrogen-bond acceptors (Lipinski definition) is 4. The van der Waals surface area contributed by atoms with Crippen LogP contribution in [0, 0.1) is 0 Å². The van der Waals surface area contributed by atoms with Gasteiger partial charge in [0.1, 0.15) is 5.60 Å². The van der Waals surface area contributed by atoms with Gasteiger partial charge in [-0.25, -0.2) is 9.59 Å². The van der Waals surface area contributed by atoms with E-state index in [2.05, 4.69) is 0 Å². The number of hydrogen-bond donors (Lipinski definition) is 1. The number of ether oxygens (including phenoxy) is 2. The van der Waals surface area contributed by atoms with Gasteiger partial charge in [0.05, 0.1) is 18.7 Å². The molecule has 0 aromatic rings. The minimum absolute atomic E-state index is 0.226. The van der Waals surface area contributed by atoms with Crippen LogP contribution in [0.1, 0.15) is 20.8 Å². The zero-order valence-corrected chi connectivity index (χ0v) is 12.0. The molecule has 2 atom stereocenters. The zero-order valence-electron chi connectivity index (χ0n) is 12.0. The number of likely N-dealkylation sites (N-methyl/N-ethyl adjacent to an activating group) is 1. The Bertz CT molecular complexity index is 353. The second-order valence-corrected chi connectivity index (χ2v) is 5.62. The number of amides is 2. The van der Waals surface area contributed by atoms with Crippen molar-refractivity contribution in [3.05, 3.63) is 0 Å². The minimum atomic E-state index is -1.01. The molecule has 0 aromatic heterocycles. The highest BCUT2D eigenvalue weighted by Crippen LogP contribution is 2.20. The Kier molecular flexibility index (Phi) is 4.62. The standard InChI is InChI=1S/C12H22N2O5/c1-12(2,3)19-11(17)13(4)8-6-14(10(15)16)7-9(8)18-5/h8-9H,6-7H2,1-5H3,(H,15,16). The summed E-state index contributed by atoms with van der Waals surface area (Å²) in [5.41, 5.74) is -0.584. The highest BCUT2D eigenvalue weighted by atomic mass is 16.6. The molecule has 7 nitrogen and oxygen atoms in total. The van der Waals surface area contributed by atoms with Gasteiger partial charge >= 0.3 is 12.2 Å². The second kappa shape index (κ2) is 5.64.